The highest BCUT2D eigenvalue weighted by molar-refractivity contribution is 7.86. The Hall–Kier alpha value is -1.42. The monoisotopic (exact) mass is 296 g/mol. The van der Waals surface area contributed by atoms with Crippen molar-refractivity contribution < 1.29 is 17.7 Å². The van der Waals surface area contributed by atoms with Crippen LogP contribution in [0.2, 0.25) is 0 Å². The van der Waals surface area contributed by atoms with Crippen LogP contribution in [0.25, 0.3) is 0 Å². The van der Waals surface area contributed by atoms with E-state index in [1.54, 1.807) is 25.3 Å². The van der Waals surface area contributed by atoms with Crippen LogP contribution in [0.3, 0.4) is 0 Å². The fraction of sp³-hybridized carbons (Fsp3) is 0.0769. The molecule has 0 saturated heterocycles. The molecular formula is C13H13O4PS. The van der Waals surface area contributed by atoms with Gasteiger partial charge in [-0.05, 0) is 28.8 Å². The summed E-state index contributed by atoms with van der Waals surface area (Å²) in [6.45, 7) is 0. The number of ether oxygens (including phenoxy) is 1. The predicted octanol–water partition coefficient (Wildman–Crippen LogP) is 1.57. The molecule has 0 spiro atoms. The summed E-state index contributed by atoms with van der Waals surface area (Å²) in [5, 5.41) is 1.56. The van der Waals surface area contributed by atoms with Gasteiger partial charge >= 0.3 is 0 Å². The first-order valence-electron chi connectivity index (χ1n) is 5.48. The molecule has 0 radical (unpaired) electrons. The molecule has 4 nitrogen and oxygen atoms in total. The van der Waals surface area contributed by atoms with E-state index in [1.165, 1.54) is 6.07 Å². The third kappa shape index (κ3) is 3.53. The van der Waals surface area contributed by atoms with Crippen LogP contribution in [0.5, 0.6) is 5.75 Å². The van der Waals surface area contributed by atoms with Crippen molar-refractivity contribution in [3.63, 3.8) is 0 Å². The third-order valence-electron chi connectivity index (χ3n) is 2.53. The lowest BCUT2D eigenvalue weighted by molar-refractivity contribution is 0.415. The van der Waals surface area contributed by atoms with Gasteiger partial charge in [-0.2, -0.15) is 8.42 Å². The summed E-state index contributed by atoms with van der Waals surface area (Å²) in [5.41, 5.74) is 0. The Morgan fingerprint density at radius 3 is 2.26 bits per heavy atom. The molecular weight excluding hydrogens is 283 g/mol. The second kappa shape index (κ2) is 5.70. The smallest absolute Gasteiger partial charge is 0.295 e. The van der Waals surface area contributed by atoms with Crippen molar-refractivity contribution in [2.75, 3.05) is 7.11 Å². The first-order valence-corrected chi connectivity index (χ1v) is 7.92. The number of hydrogen-bond acceptors (Lipinski definition) is 3. The molecule has 1 atom stereocenters. The summed E-state index contributed by atoms with van der Waals surface area (Å²) in [6.07, 6.45) is 0. The number of methoxy groups -OCH3 is 1. The van der Waals surface area contributed by atoms with Crippen molar-refractivity contribution in [3.05, 3.63) is 48.5 Å². The first kappa shape index (κ1) is 14.0. The van der Waals surface area contributed by atoms with Crippen LogP contribution in [-0.2, 0) is 10.1 Å². The van der Waals surface area contributed by atoms with Crippen molar-refractivity contribution in [1.29, 1.82) is 0 Å². The normalized spacial score (nSPS) is 11.9. The van der Waals surface area contributed by atoms with E-state index in [0.29, 0.717) is 5.30 Å². The van der Waals surface area contributed by atoms with Crippen LogP contribution in [0.4, 0.5) is 0 Å². The highest BCUT2D eigenvalue weighted by atomic mass is 32.2. The van der Waals surface area contributed by atoms with E-state index < -0.39 is 10.1 Å². The molecule has 6 heteroatoms. The van der Waals surface area contributed by atoms with Gasteiger partial charge in [-0.1, -0.05) is 38.9 Å². The van der Waals surface area contributed by atoms with Gasteiger partial charge in [0.15, 0.2) is 0 Å². The molecule has 100 valence electrons. The van der Waals surface area contributed by atoms with E-state index in [-0.39, 0.29) is 13.5 Å². The predicted molar refractivity (Wildman–Crippen MR) is 76.8 cm³/mol. The average Bonchev–Trinajstić information content (AvgIpc) is 2.39. The van der Waals surface area contributed by atoms with Gasteiger partial charge in [0.1, 0.15) is 10.6 Å². The van der Waals surface area contributed by atoms with E-state index in [1.807, 2.05) is 24.3 Å². The Bertz CT molecular complexity index is 665. The molecule has 2 aromatic rings. The topological polar surface area (TPSA) is 63.6 Å². The van der Waals surface area contributed by atoms with E-state index >= 15 is 0 Å². The van der Waals surface area contributed by atoms with E-state index in [0.717, 1.165) is 11.1 Å². The Morgan fingerprint density at radius 2 is 1.68 bits per heavy atom. The van der Waals surface area contributed by atoms with Gasteiger partial charge in [0.2, 0.25) is 0 Å². The molecule has 19 heavy (non-hydrogen) atoms. The Kier molecular flexibility index (Phi) is 4.20. The van der Waals surface area contributed by atoms with E-state index in [9.17, 15) is 13.0 Å². The first-order chi connectivity index (χ1) is 9.00. The lowest BCUT2D eigenvalue weighted by Gasteiger charge is -2.07. The second-order valence-corrected chi connectivity index (χ2v) is 6.58. The zero-order valence-corrected chi connectivity index (χ0v) is 12.0. The average molecular weight is 296 g/mol. The van der Waals surface area contributed by atoms with Crippen LogP contribution in [-0.4, -0.2) is 20.1 Å². The van der Waals surface area contributed by atoms with Crippen LogP contribution in [0, 0.1) is 0 Å². The molecule has 2 rings (SSSR count). The molecule has 0 aliphatic carbocycles. The van der Waals surface area contributed by atoms with E-state index in [4.69, 9.17) is 4.74 Å². The Labute approximate surface area is 114 Å². The maximum atomic E-state index is 11.3. The summed E-state index contributed by atoms with van der Waals surface area (Å²) < 4.78 is 36.8. The van der Waals surface area contributed by atoms with Gasteiger partial charge in [-0.3, -0.25) is 4.55 Å². The fourth-order valence-corrected chi connectivity index (χ4v) is 3.79. The Balaban J connectivity index is 2.33. The zero-order chi connectivity index (χ0) is 13.9. The van der Waals surface area contributed by atoms with Crippen LogP contribution in [0.15, 0.2) is 53.4 Å². The molecule has 1 N–H and O–H groups in total. The second-order valence-electron chi connectivity index (χ2n) is 3.82. The molecule has 0 aliphatic heterocycles. The molecule has 0 bridgehead atoms. The third-order valence-corrected chi connectivity index (χ3v) is 4.95. The highest BCUT2D eigenvalue weighted by Crippen LogP contribution is 2.18. The highest BCUT2D eigenvalue weighted by Gasteiger charge is 2.14. The van der Waals surface area contributed by atoms with Crippen molar-refractivity contribution in [1.82, 2.24) is 0 Å². The van der Waals surface area contributed by atoms with Crippen molar-refractivity contribution in [3.8, 4) is 5.75 Å². The molecule has 0 aromatic heterocycles. The molecule has 1 unspecified atom stereocenters. The molecule has 0 fully saturated rings. The maximum Gasteiger partial charge on any atom is 0.295 e. The number of rotatable bonds is 4. The summed E-state index contributed by atoms with van der Waals surface area (Å²) in [7, 11) is -2.44. The van der Waals surface area contributed by atoms with Crippen molar-refractivity contribution in [2.45, 2.75) is 4.90 Å². The number of benzene rings is 2. The van der Waals surface area contributed by atoms with E-state index in [2.05, 4.69) is 0 Å². The van der Waals surface area contributed by atoms with Gasteiger partial charge in [0, 0.05) is 0 Å². The SMILES string of the molecule is COc1ccc(Pc2ccccc2S(=O)(=O)O)cc1. The van der Waals surface area contributed by atoms with Crippen LogP contribution < -0.4 is 15.3 Å². The molecule has 0 aliphatic rings. The van der Waals surface area contributed by atoms with Gasteiger partial charge in [-0.15, -0.1) is 0 Å². The van der Waals surface area contributed by atoms with Gasteiger partial charge in [0.25, 0.3) is 10.1 Å². The minimum atomic E-state index is -4.18. The zero-order valence-electron chi connectivity index (χ0n) is 10.2. The van der Waals surface area contributed by atoms with Crippen molar-refractivity contribution >= 4 is 29.3 Å². The Morgan fingerprint density at radius 1 is 1.05 bits per heavy atom. The minimum Gasteiger partial charge on any atom is -0.497 e. The molecule has 0 amide bonds. The lowest BCUT2D eigenvalue weighted by Crippen LogP contribution is -2.13. The quantitative estimate of drug-likeness (QED) is 0.687. The summed E-state index contributed by atoms with van der Waals surface area (Å²) in [6, 6.07) is 13.8. The van der Waals surface area contributed by atoms with Crippen LogP contribution >= 0.6 is 8.58 Å². The maximum absolute atomic E-state index is 11.3. The summed E-state index contributed by atoms with van der Waals surface area (Å²) in [4.78, 5) is -0.0378. The molecule has 0 heterocycles. The standard InChI is InChI=1S/C13H13O4PS/c1-17-10-6-8-11(9-7-10)18-12-4-2-3-5-13(12)19(14,15)16/h2-9,18H,1H3,(H,14,15,16). The van der Waals surface area contributed by atoms with Gasteiger partial charge in [0.05, 0.1) is 7.11 Å². The van der Waals surface area contributed by atoms with Crippen LogP contribution in [0.1, 0.15) is 0 Å². The van der Waals surface area contributed by atoms with Gasteiger partial charge < -0.3 is 4.74 Å². The molecule has 2 aromatic carbocycles. The summed E-state index contributed by atoms with van der Waals surface area (Å²) >= 11 is 0. The summed E-state index contributed by atoms with van der Waals surface area (Å²) in [5.74, 6) is 0.747. The van der Waals surface area contributed by atoms with Gasteiger partial charge in [-0.25, -0.2) is 0 Å². The largest absolute Gasteiger partial charge is 0.497 e. The minimum absolute atomic E-state index is 0.0378. The molecule has 0 saturated carbocycles. The fourth-order valence-electron chi connectivity index (χ4n) is 1.62. The number of hydrogen-bond donors (Lipinski definition) is 1. The lowest BCUT2D eigenvalue weighted by atomic mass is 10.3. The van der Waals surface area contributed by atoms with Crippen molar-refractivity contribution in [2.24, 2.45) is 0 Å².